The Morgan fingerprint density at radius 1 is 1.14 bits per heavy atom. The third-order valence-electron chi connectivity index (χ3n) is 4.91. The van der Waals surface area contributed by atoms with E-state index in [1.807, 2.05) is 16.7 Å². The topological polar surface area (TPSA) is 77.5 Å². The van der Waals surface area contributed by atoms with Gasteiger partial charge in [0.25, 0.3) is 5.69 Å². The second-order valence-electron chi connectivity index (χ2n) is 6.83. The number of para-hydroxylation sites is 1. The van der Waals surface area contributed by atoms with Crippen molar-refractivity contribution < 1.29 is 9.72 Å². The van der Waals surface area contributed by atoms with E-state index in [0.717, 1.165) is 41.9 Å². The van der Waals surface area contributed by atoms with Gasteiger partial charge in [-0.3, -0.25) is 14.9 Å². The maximum absolute atomic E-state index is 13.0. The van der Waals surface area contributed by atoms with E-state index in [1.54, 1.807) is 35.6 Å². The molecule has 8 heteroatoms. The van der Waals surface area contributed by atoms with Gasteiger partial charge in [-0.2, -0.15) is 0 Å². The first-order valence-electron chi connectivity index (χ1n) is 9.31. The summed E-state index contributed by atoms with van der Waals surface area (Å²) in [5.41, 5.74) is 1.82. The Morgan fingerprint density at radius 3 is 2.62 bits per heavy atom. The maximum Gasteiger partial charge on any atom is 0.280 e. The lowest BCUT2D eigenvalue weighted by Crippen LogP contribution is -2.24. The standard InChI is InChI=1S/C21H18ClN3O3S/c22-14-9-11-15(12-10-14)23-21-24(18-7-3-4-8-20(18)29-21)13-19(26)16-5-1-2-6-17(16)25(27)28/h1-2,5-6,9-12H,3-4,7-8,13H2. The predicted molar refractivity (Wildman–Crippen MR) is 113 cm³/mol. The van der Waals surface area contributed by atoms with Crippen LogP contribution in [0.4, 0.5) is 11.4 Å². The number of thiazole rings is 1. The lowest BCUT2D eigenvalue weighted by molar-refractivity contribution is -0.385. The number of rotatable bonds is 5. The normalized spacial score (nSPS) is 13.9. The van der Waals surface area contributed by atoms with Crippen LogP contribution in [0.3, 0.4) is 0 Å². The number of benzene rings is 2. The highest BCUT2D eigenvalue weighted by atomic mass is 35.5. The second-order valence-corrected chi connectivity index (χ2v) is 8.33. The third kappa shape index (κ3) is 4.16. The second kappa shape index (κ2) is 8.31. The Kier molecular flexibility index (Phi) is 5.60. The van der Waals surface area contributed by atoms with Crippen LogP contribution in [0, 0.1) is 10.1 Å². The molecule has 1 aromatic heterocycles. The monoisotopic (exact) mass is 427 g/mol. The number of carbonyl (C=O) groups excluding carboxylic acids is 1. The zero-order valence-corrected chi connectivity index (χ0v) is 17.1. The lowest BCUT2D eigenvalue weighted by Gasteiger charge is -2.14. The van der Waals surface area contributed by atoms with E-state index in [9.17, 15) is 14.9 Å². The van der Waals surface area contributed by atoms with E-state index in [-0.39, 0.29) is 23.6 Å². The minimum absolute atomic E-state index is 0.0309. The summed E-state index contributed by atoms with van der Waals surface area (Å²) in [5.74, 6) is -0.291. The van der Waals surface area contributed by atoms with Gasteiger partial charge in [0.05, 0.1) is 22.7 Å². The number of fused-ring (bicyclic) bond motifs is 1. The van der Waals surface area contributed by atoms with Gasteiger partial charge in [0.1, 0.15) is 0 Å². The van der Waals surface area contributed by atoms with Gasteiger partial charge >= 0.3 is 0 Å². The molecule has 148 valence electrons. The number of nitro benzene ring substituents is 1. The Labute approximate surface area is 176 Å². The summed E-state index contributed by atoms with van der Waals surface area (Å²) in [6, 6.07) is 13.3. The Hall–Kier alpha value is -2.77. The molecular formula is C21H18ClN3O3S. The molecule has 0 saturated carbocycles. The smallest absolute Gasteiger partial charge is 0.280 e. The van der Waals surface area contributed by atoms with Crippen molar-refractivity contribution >= 4 is 40.1 Å². The minimum Gasteiger partial charge on any atom is -0.313 e. The highest BCUT2D eigenvalue weighted by Gasteiger charge is 2.23. The number of hydrogen-bond donors (Lipinski definition) is 0. The number of halogens is 1. The van der Waals surface area contributed by atoms with Gasteiger partial charge in [-0.1, -0.05) is 23.7 Å². The number of ketones is 1. The molecule has 0 atom stereocenters. The average Bonchev–Trinajstić information content (AvgIpc) is 3.06. The van der Waals surface area contributed by atoms with Crippen molar-refractivity contribution in [1.82, 2.24) is 4.57 Å². The van der Waals surface area contributed by atoms with Crippen molar-refractivity contribution in [3.05, 3.63) is 84.6 Å². The summed E-state index contributed by atoms with van der Waals surface area (Å²) in [6.07, 6.45) is 4.03. The summed E-state index contributed by atoms with van der Waals surface area (Å²) in [4.78, 5) is 30.5. The van der Waals surface area contributed by atoms with E-state index in [0.29, 0.717) is 5.02 Å². The number of aromatic nitrogens is 1. The highest BCUT2D eigenvalue weighted by Crippen LogP contribution is 2.26. The van der Waals surface area contributed by atoms with Crippen LogP contribution in [-0.4, -0.2) is 15.3 Å². The van der Waals surface area contributed by atoms with Gasteiger partial charge in [-0.25, -0.2) is 4.99 Å². The summed E-state index contributed by atoms with van der Waals surface area (Å²) in [6.45, 7) is 0.0309. The minimum atomic E-state index is -0.514. The molecular weight excluding hydrogens is 410 g/mol. The van der Waals surface area contributed by atoms with Crippen LogP contribution in [0.15, 0.2) is 53.5 Å². The van der Waals surface area contributed by atoms with E-state index in [4.69, 9.17) is 16.6 Å². The molecule has 0 fully saturated rings. The first kappa shape index (κ1) is 19.5. The van der Waals surface area contributed by atoms with E-state index in [1.165, 1.54) is 17.0 Å². The Bertz CT molecular complexity index is 1150. The fraction of sp³-hybridized carbons (Fsp3) is 0.238. The summed E-state index contributed by atoms with van der Waals surface area (Å²) < 4.78 is 1.92. The van der Waals surface area contributed by atoms with Crippen molar-refractivity contribution in [2.75, 3.05) is 0 Å². The number of carbonyl (C=O) groups is 1. The highest BCUT2D eigenvalue weighted by molar-refractivity contribution is 7.09. The molecule has 0 bridgehead atoms. The van der Waals surface area contributed by atoms with Gasteiger partial charge in [0.2, 0.25) is 0 Å². The maximum atomic E-state index is 13.0. The van der Waals surface area contributed by atoms with E-state index in [2.05, 4.69) is 0 Å². The number of Topliss-reactive ketones (excluding diaryl/α,β-unsaturated/α-hetero) is 1. The van der Waals surface area contributed by atoms with E-state index >= 15 is 0 Å². The van der Waals surface area contributed by atoms with Crippen molar-refractivity contribution in [2.24, 2.45) is 4.99 Å². The SMILES string of the molecule is O=C(Cn1c2c(sc1=Nc1ccc(Cl)cc1)CCCC2)c1ccccc1[N+](=O)[O-]. The first-order chi connectivity index (χ1) is 14.0. The third-order valence-corrected chi connectivity index (χ3v) is 6.35. The lowest BCUT2D eigenvalue weighted by atomic mass is 10.0. The van der Waals surface area contributed by atoms with Crippen LogP contribution < -0.4 is 4.80 Å². The van der Waals surface area contributed by atoms with Gasteiger partial charge in [0.15, 0.2) is 10.6 Å². The predicted octanol–water partition coefficient (Wildman–Crippen LogP) is 5.11. The zero-order valence-electron chi connectivity index (χ0n) is 15.5. The van der Waals surface area contributed by atoms with E-state index < -0.39 is 4.92 Å². The molecule has 0 radical (unpaired) electrons. The molecule has 0 amide bonds. The quantitative estimate of drug-likeness (QED) is 0.322. The molecule has 1 aliphatic rings. The fourth-order valence-corrected chi connectivity index (χ4v) is 4.87. The number of hydrogen-bond acceptors (Lipinski definition) is 5. The van der Waals surface area contributed by atoms with Crippen molar-refractivity contribution in [2.45, 2.75) is 32.2 Å². The van der Waals surface area contributed by atoms with Gasteiger partial charge in [-0.15, -0.1) is 11.3 Å². The molecule has 29 heavy (non-hydrogen) atoms. The molecule has 0 N–H and O–H groups in total. The molecule has 0 saturated heterocycles. The number of nitro groups is 1. The van der Waals surface area contributed by atoms with Crippen molar-refractivity contribution in [1.29, 1.82) is 0 Å². The van der Waals surface area contributed by atoms with Crippen LogP contribution in [0.1, 0.15) is 33.8 Å². The largest absolute Gasteiger partial charge is 0.313 e. The van der Waals surface area contributed by atoms with Crippen molar-refractivity contribution in [3.63, 3.8) is 0 Å². The van der Waals surface area contributed by atoms with Crippen LogP contribution in [0.5, 0.6) is 0 Å². The first-order valence-corrected chi connectivity index (χ1v) is 10.5. The van der Waals surface area contributed by atoms with Crippen LogP contribution >= 0.6 is 22.9 Å². The molecule has 0 spiro atoms. The van der Waals surface area contributed by atoms with Crippen LogP contribution in [0.2, 0.25) is 5.02 Å². The number of aryl methyl sites for hydroxylation is 1. The van der Waals surface area contributed by atoms with Gasteiger partial charge < -0.3 is 4.57 Å². The average molecular weight is 428 g/mol. The molecule has 1 aliphatic carbocycles. The van der Waals surface area contributed by atoms with Crippen LogP contribution in [0.25, 0.3) is 0 Å². The summed E-state index contributed by atoms with van der Waals surface area (Å²) in [7, 11) is 0. The summed E-state index contributed by atoms with van der Waals surface area (Å²) >= 11 is 7.55. The molecule has 0 unspecified atom stereocenters. The molecule has 1 heterocycles. The molecule has 6 nitrogen and oxygen atoms in total. The Balaban J connectivity index is 1.77. The summed E-state index contributed by atoms with van der Waals surface area (Å²) in [5, 5.41) is 11.9. The van der Waals surface area contributed by atoms with Gasteiger partial charge in [0, 0.05) is 21.7 Å². The molecule has 2 aromatic carbocycles. The Morgan fingerprint density at radius 2 is 1.86 bits per heavy atom. The number of nitrogens with zero attached hydrogens (tertiary/aromatic N) is 3. The van der Waals surface area contributed by atoms with Crippen molar-refractivity contribution in [3.8, 4) is 0 Å². The zero-order chi connectivity index (χ0) is 20.4. The van der Waals surface area contributed by atoms with Gasteiger partial charge in [-0.05, 0) is 56.0 Å². The molecule has 0 aliphatic heterocycles. The molecule has 4 rings (SSSR count). The molecule has 3 aromatic rings. The van der Waals surface area contributed by atoms with Crippen LogP contribution in [-0.2, 0) is 19.4 Å². The fourth-order valence-electron chi connectivity index (χ4n) is 3.51.